The Morgan fingerprint density at radius 2 is 1.92 bits per heavy atom. The van der Waals surface area contributed by atoms with Crippen LogP contribution in [-0.4, -0.2) is 4.98 Å². The first-order valence-corrected chi connectivity index (χ1v) is 4.59. The molecule has 1 aromatic rings. The van der Waals surface area contributed by atoms with Gasteiger partial charge in [0.25, 0.3) is 0 Å². The number of nitrogens with zero attached hydrogens (tertiary/aromatic N) is 1. The average molecular weight is 181 g/mol. The molecule has 0 unspecified atom stereocenters. The molecule has 0 spiro atoms. The zero-order valence-corrected chi connectivity index (χ0v) is 8.69. The van der Waals surface area contributed by atoms with Crippen molar-refractivity contribution < 1.29 is 4.39 Å². The van der Waals surface area contributed by atoms with Gasteiger partial charge in [-0.25, -0.2) is 4.39 Å². The van der Waals surface area contributed by atoms with Crippen molar-refractivity contribution >= 4 is 0 Å². The minimum absolute atomic E-state index is 0.141. The summed E-state index contributed by atoms with van der Waals surface area (Å²) in [5, 5.41) is 0. The normalized spacial score (nSPS) is 11.8. The molecule has 0 bridgehead atoms. The van der Waals surface area contributed by atoms with Crippen LogP contribution in [0.25, 0.3) is 0 Å². The van der Waals surface area contributed by atoms with Crippen molar-refractivity contribution in [2.75, 3.05) is 0 Å². The van der Waals surface area contributed by atoms with Crippen molar-refractivity contribution in [1.29, 1.82) is 0 Å². The second kappa shape index (κ2) is 3.44. The number of aromatic nitrogens is 1. The Morgan fingerprint density at radius 1 is 1.31 bits per heavy atom. The van der Waals surface area contributed by atoms with E-state index in [1.165, 1.54) is 6.20 Å². The number of hydrogen-bond donors (Lipinski definition) is 0. The molecule has 0 saturated carbocycles. The molecule has 0 aliphatic heterocycles. The Kier molecular flexibility index (Phi) is 2.69. The molecule has 2 heteroatoms. The summed E-state index contributed by atoms with van der Waals surface area (Å²) in [5.41, 5.74) is 1.66. The van der Waals surface area contributed by atoms with Crippen LogP contribution in [0.15, 0.2) is 12.4 Å². The summed E-state index contributed by atoms with van der Waals surface area (Å²) in [6.45, 7) is 8.07. The van der Waals surface area contributed by atoms with Gasteiger partial charge in [0.05, 0.1) is 6.20 Å². The molecule has 1 rings (SSSR count). The van der Waals surface area contributed by atoms with Crippen LogP contribution in [0.5, 0.6) is 0 Å². The molecule has 0 aliphatic carbocycles. The lowest BCUT2D eigenvalue weighted by molar-refractivity contribution is 0.513. The summed E-state index contributed by atoms with van der Waals surface area (Å²) in [6, 6.07) is 0. The molecule has 0 fully saturated rings. The molecule has 1 heterocycles. The molecular weight excluding hydrogens is 165 g/mol. The van der Waals surface area contributed by atoms with Crippen LogP contribution in [0, 0.1) is 5.82 Å². The minimum atomic E-state index is -0.188. The molecule has 0 aromatic carbocycles. The van der Waals surface area contributed by atoms with E-state index < -0.39 is 0 Å². The van der Waals surface area contributed by atoms with Gasteiger partial charge in [0.1, 0.15) is 5.82 Å². The van der Waals surface area contributed by atoms with E-state index in [2.05, 4.69) is 4.98 Å². The molecule has 0 aliphatic rings. The summed E-state index contributed by atoms with van der Waals surface area (Å²) < 4.78 is 13.5. The van der Waals surface area contributed by atoms with E-state index in [1.807, 2.05) is 27.7 Å². The molecular formula is C11H16FN. The Labute approximate surface area is 79.0 Å². The Balaban J connectivity index is 3.32. The number of aryl methyl sites for hydroxylation is 1. The van der Waals surface area contributed by atoms with Gasteiger partial charge < -0.3 is 0 Å². The van der Waals surface area contributed by atoms with Gasteiger partial charge in [0, 0.05) is 6.20 Å². The third kappa shape index (κ3) is 2.06. The molecule has 1 aromatic heterocycles. The highest BCUT2D eigenvalue weighted by atomic mass is 19.1. The predicted octanol–water partition coefficient (Wildman–Crippen LogP) is 3.08. The van der Waals surface area contributed by atoms with E-state index in [9.17, 15) is 4.39 Å². The van der Waals surface area contributed by atoms with E-state index >= 15 is 0 Å². The fourth-order valence-corrected chi connectivity index (χ4v) is 1.58. The number of hydrogen-bond acceptors (Lipinski definition) is 1. The van der Waals surface area contributed by atoms with Crippen LogP contribution in [0.2, 0.25) is 0 Å². The van der Waals surface area contributed by atoms with E-state index in [1.54, 1.807) is 6.20 Å². The minimum Gasteiger partial charge on any atom is -0.261 e. The molecule has 13 heavy (non-hydrogen) atoms. The van der Waals surface area contributed by atoms with Crippen molar-refractivity contribution in [2.24, 2.45) is 0 Å². The fraction of sp³-hybridized carbons (Fsp3) is 0.545. The second-order valence-electron chi connectivity index (χ2n) is 4.26. The van der Waals surface area contributed by atoms with Gasteiger partial charge in [0.2, 0.25) is 0 Å². The number of rotatable bonds is 1. The monoisotopic (exact) mass is 181 g/mol. The Bertz CT molecular complexity index is 299. The molecule has 0 amide bonds. The number of pyridine rings is 1. The Hall–Kier alpha value is -0.920. The van der Waals surface area contributed by atoms with Gasteiger partial charge in [-0.2, -0.15) is 0 Å². The standard InChI is InChI=1S/C11H16FN/c1-5-8-6-13-7-9(12)10(8)11(2,3)4/h6-7H,5H2,1-4H3. The quantitative estimate of drug-likeness (QED) is 0.648. The zero-order valence-electron chi connectivity index (χ0n) is 8.69. The Morgan fingerprint density at radius 3 is 2.31 bits per heavy atom. The fourth-order valence-electron chi connectivity index (χ4n) is 1.58. The first-order valence-electron chi connectivity index (χ1n) is 4.59. The van der Waals surface area contributed by atoms with E-state index in [-0.39, 0.29) is 11.2 Å². The van der Waals surface area contributed by atoms with Crippen LogP contribution >= 0.6 is 0 Å². The van der Waals surface area contributed by atoms with Gasteiger partial charge >= 0.3 is 0 Å². The van der Waals surface area contributed by atoms with Gasteiger partial charge in [0.15, 0.2) is 0 Å². The highest BCUT2D eigenvalue weighted by molar-refractivity contribution is 5.31. The topological polar surface area (TPSA) is 12.9 Å². The van der Waals surface area contributed by atoms with Crippen LogP contribution in [0.1, 0.15) is 38.8 Å². The summed E-state index contributed by atoms with van der Waals surface area (Å²) in [7, 11) is 0. The highest BCUT2D eigenvalue weighted by Crippen LogP contribution is 2.27. The largest absolute Gasteiger partial charge is 0.261 e. The van der Waals surface area contributed by atoms with Gasteiger partial charge in [-0.1, -0.05) is 27.7 Å². The maximum absolute atomic E-state index is 13.5. The van der Waals surface area contributed by atoms with Crippen LogP contribution < -0.4 is 0 Å². The lowest BCUT2D eigenvalue weighted by Crippen LogP contribution is -2.16. The second-order valence-corrected chi connectivity index (χ2v) is 4.26. The molecule has 0 N–H and O–H groups in total. The summed E-state index contributed by atoms with van der Waals surface area (Å²) in [6.07, 6.45) is 3.88. The van der Waals surface area contributed by atoms with E-state index in [0.717, 1.165) is 17.5 Å². The van der Waals surface area contributed by atoms with Gasteiger partial charge in [-0.15, -0.1) is 0 Å². The number of halogens is 1. The maximum Gasteiger partial charge on any atom is 0.145 e. The molecule has 0 radical (unpaired) electrons. The molecule has 72 valence electrons. The SMILES string of the molecule is CCc1cncc(F)c1C(C)(C)C. The molecule has 0 atom stereocenters. The first-order chi connectivity index (χ1) is 5.96. The lowest BCUT2D eigenvalue weighted by Gasteiger charge is -2.22. The van der Waals surface area contributed by atoms with Crippen molar-refractivity contribution in [3.63, 3.8) is 0 Å². The maximum atomic E-state index is 13.5. The van der Waals surface area contributed by atoms with E-state index in [4.69, 9.17) is 0 Å². The van der Waals surface area contributed by atoms with Crippen molar-refractivity contribution in [2.45, 2.75) is 39.5 Å². The van der Waals surface area contributed by atoms with Crippen LogP contribution in [-0.2, 0) is 11.8 Å². The van der Waals surface area contributed by atoms with Crippen molar-refractivity contribution in [1.82, 2.24) is 4.98 Å². The molecule has 1 nitrogen and oxygen atoms in total. The smallest absolute Gasteiger partial charge is 0.145 e. The zero-order chi connectivity index (χ0) is 10.1. The highest BCUT2D eigenvalue weighted by Gasteiger charge is 2.21. The predicted molar refractivity (Wildman–Crippen MR) is 52.3 cm³/mol. The lowest BCUT2D eigenvalue weighted by atomic mass is 9.83. The molecule has 0 saturated heterocycles. The van der Waals surface area contributed by atoms with Crippen molar-refractivity contribution in [3.05, 3.63) is 29.3 Å². The third-order valence-corrected chi connectivity index (χ3v) is 2.11. The van der Waals surface area contributed by atoms with E-state index in [0.29, 0.717) is 0 Å². The van der Waals surface area contributed by atoms with Crippen LogP contribution in [0.4, 0.5) is 4.39 Å². The third-order valence-electron chi connectivity index (χ3n) is 2.11. The summed E-state index contributed by atoms with van der Waals surface area (Å²) in [5.74, 6) is -0.188. The van der Waals surface area contributed by atoms with Crippen LogP contribution in [0.3, 0.4) is 0 Å². The average Bonchev–Trinajstić information content (AvgIpc) is 2.01. The van der Waals surface area contributed by atoms with Crippen molar-refractivity contribution in [3.8, 4) is 0 Å². The summed E-state index contributed by atoms with van der Waals surface area (Å²) >= 11 is 0. The van der Waals surface area contributed by atoms with Gasteiger partial charge in [-0.05, 0) is 23.0 Å². The first kappa shape index (κ1) is 10.2. The summed E-state index contributed by atoms with van der Waals surface area (Å²) in [4.78, 5) is 3.85. The van der Waals surface area contributed by atoms with Gasteiger partial charge in [-0.3, -0.25) is 4.98 Å².